The molecule has 1 aromatic heterocycles. The molecule has 6 nitrogen and oxygen atoms in total. The zero-order valence-electron chi connectivity index (χ0n) is 19.5. The smallest absolute Gasteiger partial charge is 0.270 e. The van der Waals surface area contributed by atoms with Crippen molar-refractivity contribution in [3.05, 3.63) is 67.6 Å². The maximum absolute atomic E-state index is 13.3. The molecule has 178 valence electrons. The predicted octanol–water partition coefficient (Wildman–Crippen LogP) is 5.10. The van der Waals surface area contributed by atoms with Crippen molar-refractivity contribution in [3.8, 4) is 6.07 Å². The van der Waals surface area contributed by atoms with Crippen LogP contribution in [0.15, 0.2) is 34.0 Å². The van der Waals surface area contributed by atoms with Crippen LogP contribution in [0.5, 0.6) is 0 Å². The van der Waals surface area contributed by atoms with E-state index in [2.05, 4.69) is 12.2 Å². The van der Waals surface area contributed by atoms with Gasteiger partial charge in [-0.15, -0.1) is 0 Å². The van der Waals surface area contributed by atoms with Crippen LogP contribution in [0.3, 0.4) is 0 Å². The van der Waals surface area contributed by atoms with E-state index in [9.17, 15) is 19.2 Å². The topological polar surface area (TPSA) is 78.1 Å². The summed E-state index contributed by atoms with van der Waals surface area (Å²) in [4.78, 5) is 27.9. The summed E-state index contributed by atoms with van der Waals surface area (Å²) in [6.45, 7) is 4.74. The number of hydrogen-bond acceptors (Lipinski definition) is 6. The van der Waals surface area contributed by atoms with Crippen LogP contribution in [0.2, 0.25) is 0 Å². The molecule has 0 radical (unpaired) electrons. The normalized spacial score (nSPS) is 14.7. The third kappa shape index (κ3) is 5.57. The number of unbranched alkanes of at least 4 members (excludes halogenated alkanes) is 3. The summed E-state index contributed by atoms with van der Waals surface area (Å²) < 4.78 is 15.1. The molecule has 0 saturated carbocycles. The van der Waals surface area contributed by atoms with Gasteiger partial charge in [0.15, 0.2) is 0 Å². The first-order chi connectivity index (χ1) is 16.3. The van der Waals surface area contributed by atoms with Gasteiger partial charge in [-0.05, 0) is 42.7 Å². The first-order valence-corrected chi connectivity index (χ1v) is 12.4. The Labute approximate surface area is 208 Å². The van der Waals surface area contributed by atoms with Gasteiger partial charge in [0.1, 0.15) is 27.6 Å². The van der Waals surface area contributed by atoms with Crippen molar-refractivity contribution in [1.82, 2.24) is 9.47 Å². The van der Waals surface area contributed by atoms with E-state index in [-0.39, 0.29) is 17.3 Å². The fourth-order valence-electron chi connectivity index (χ4n) is 3.75. The van der Waals surface area contributed by atoms with Crippen molar-refractivity contribution < 1.29 is 9.18 Å². The van der Waals surface area contributed by atoms with Crippen LogP contribution in [0, 0.1) is 24.1 Å². The molecule has 2 aromatic rings. The van der Waals surface area contributed by atoms with Gasteiger partial charge in [0.05, 0.1) is 4.91 Å². The van der Waals surface area contributed by atoms with E-state index >= 15 is 0 Å². The zero-order valence-corrected chi connectivity index (χ0v) is 21.1. The first-order valence-electron chi connectivity index (χ1n) is 11.2. The standard InChI is InChI=1S/C25H27FN4O2S2/c1-4-5-6-7-12-30-24(32)21(34-25(30)33)13-19-16(2)20(14-27)23(31)29(3)22(19)28-15-17-8-10-18(26)11-9-17/h8-11,13,28H,4-7,12,15H2,1-3H3/b21-13+. The second kappa shape index (κ2) is 11.4. The Morgan fingerprint density at radius 1 is 1.21 bits per heavy atom. The van der Waals surface area contributed by atoms with E-state index in [0.29, 0.717) is 39.3 Å². The van der Waals surface area contributed by atoms with Crippen LogP contribution in [-0.2, 0) is 18.4 Å². The summed E-state index contributed by atoms with van der Waals surface area (Å²) >= 11 is 6.68. The number of rotatable bonds is 9. The maximum Gasteiger partial charge on any atom is 0.270 e. The van der Waals surface area contributed by atoms with Gasteiger partial charge in [-0.2, -0.15) is 5.26 Å². The lowest BCUT2D eigenvalue weighted by Gasteiger charge is -2.18. The molecule has 0 unspecified atom stereocenters. The lowest BCUT2D eigenvalue weighted by atomic mass is 10.0. The van der Waals surface area contributed by atoms with Crippen molar-refractivity contribution in [2.24, 2.45) is 7.05 Å². The molecule has 1 aromatic carbocycles. The van der Waals surface area contributed by atoms with E-state index < -0.39 is 5.56 Å². The fourth-order valence-corrected chi connectivity index (χ4v) is 5.04. The van der Waals surface area contributed by atoms with Crippen molar-refractivity contribution in [2.75, 3.05) is 11.9 Å². The summed E-state index contributed by atoms with van der Waals surface area (Å²) in [6.07, 6.45) is 5.85. The highest BCUT2D eigenvalue weighted by Gasteiger charge is 2.32. The molecule has 0 spiro atoms. The molecule has 1 aliphatic rings. The van der Waals surface area contributed by atoms with Crippen LogP contribution in [0.25, 0.3) is 6.08 Å². The number of amides is 1. The number of halogens is 1. The second-order valence-electron chi connectivity index (χ2n) is 8.11. The van der Waals surface area contributed by atoms with E-state index in [1.807, 2.05) is 6.07 Å². The summed E-state index contributed by atoms with van der Waals surface area (Å²) in [5.41, 5.74) is 1.48. The minimum Gasteiger partial charge on any atom is -0.367 e. The van der Waals surface area contributed by atoms with Gasteiger partial charge in [-0.25, -0.2) is 4.39 Å². The number of nitriles is 1. The number of aromatic nitrogens is 1. The molecule has 1 saturated heterocycles. The maximum atomic E-state index is 13.3. The van der Waals surface area contributed by atoms with E-state index in [0.717, 1.165) is 31.2 Å². The molecule has 0 atom stereocenters. The van der Waals surface area contributed by atoms with Gasteiger partial charge in [-0.3, -0.25) is 19.1 Å². The number of benzene rings is 1. The Hall–Kier alpha value is -2.96. The van der Waals surface area contributed by atoms with Crippen molar-refractivity contribution in [2.45, 2.75) is 46.1 Å². The minimum absolute atomic E-state index is 0.0242. The molecule has 2 heterocycles. The van der Waals surface area contributed by atoms with Crippen LogP contribution >= 0.6 is 24.0 Å². The highest BCUT2D eigenvalue weighted by Crippen LogP contribution is 2.35. The molecular weight excluding hydrogens is 471 g/mol. The van der Waals surface area contributed by atoms with Crippen LogP contribution < -0.4 is 10.9 Å². The lowest BCUT2D eigenvalue weighted by Crippen LogP contribution is -2.29. The van der Waals surface area contributed by atoms with Gasteiger partial charge in [0.25, 0.3) is 11.5 Å². The molecule has 34 heavy (non-hydrogen) atoms. The van der Waals surface area contributed by atoms with Crippen LogP contribution in [0.1, 0.15) is 54.9 Å². The molecule has 3 rings (SSSR count). The highest BCUT2D eigenvalue weighted by molar-refractivity contribution is 8.26. The monoisotopic (exact) mass is 498 g/mol. The Morgan fingerprint density at radius 2 is 1.91 bits per heavy atom. The highest BCUT2D eigenvalue weighted by atomic mass is 32.2. The average Bonchev–Trinajstić information content (AvgIpc) is 3.08. The molecule has 1 aliphatic heterocycles. The van der Waals surface area contributed by atoms with Crippen LogP contribution in [0.4, 0.5) is 10.2 Å². The summed E-state index contributed by atoms with van der Waals surface area (Å²) in [5.74, 6) is -0.0236. The predicted molar refractivity (Wildman–Crippen MR) is 139 cm³/mol. The average molecular weight is 499 g/mol. The van der Waals surface area contributed by atoms with Gasteiger partial charge >= 0.3 is 0 Å². The Kier molecular flexibility index (Phi) is 8.64. The number of nitrogens with one attached hydrogen (secondary N) is 1. The molecule has 0 aliphatic carbocycles. The molecule has 0 bridgehead atoms. The zero-order chi connectivity index (χ0) is 24.8. The second-order valence-corrected chi connectivity index (χ2v) is 9.79. The number of thioether (sulfide) groups is 1. The Balaban J connectivity index is 1.97. The molecule has 1 N–H and O–H groups in total. The molecular formula is C25H27FN4O2S2. The molecule has 1 fully saturated rings. The summed E-state index contributed by atoms with van der Waals surface area (Å²) in [7, 11) is 1.58. The Morgan fingerprint density at radius 3 is 2.56 bits per heavy atom. The largest absolute Gasteiger partial charge is 0.367 e. The number of hydrogen-bond donors (Lipinski definition) is 1. The van der Waals surface area contributed by atoms with E-state index in [1.54, 1.807) is 37.1 Å². The molecule has 9 heteroatoms. The molecule has 1 amide bonds. The number of carbonyl (C=O) groups is 1. The van der Waals surface area contributed by atoms with Gasteiger partial charge in [0.2, 0.25) is 0 Å². The fraction of sp³-hybridized carbons (Fsp3) is 0.360. The van der Waals surface area contributed by atoms with Crippen molar-refractivity contribution in [3.63, 3.8) is 0 Å². The Bertz CT molecular complexity index is 1230. The van der Waals surface area contributed by atoms with Crippen molar-refractivity contribution >= 4 is 46.1 Å². The number of pyridine rings is 1. The lowest BCUT2D eigenvalue weighted by molar-refractivity contribution is -0.122. The number of thiocarbonyl (C=S) groups is 1. The van der Waals surface area contributed by atoms with E-state index in [4.69, 9.17) is 12.2 Å². The number of nitrogens with zero attached hydrogens (tertiary/aromatic N) is 3. The summed E-state index contributed by atoms with van der Waals surface area (Å²) in [5, 5.41) is 12.8. The first kappa shape index (κ1) is 25.7. The van der Waals surface area contributed by atoms with Crippen LogP contribution in [-0.4, -0.2) is 26.2 Å². The third-order valence-corrected chi connectivity index (χ3v) is 7.14. The number of anilines is 1. The van der Waals surface area contributed by atoms with Gasteiger partial charge in [-0.1, -0.05) is 62.3 Å². The van der Waals surface area contributed by atoms with Gasteiger partial charge in [0, 0.05) is 25.7 Å². The quantitative estimate of drug-likeness (QED) is 0.295. The number of carbonyl (C=O) groups excluding carboxylic acids is 1. The van der Waals surface area contributed by atoms with E-state index in [1.165, 1.54) is 28.5 Å². The SMILES string of the molecule is CCCCCCN1C(=O)/C(=C\c2c(C)c(C#N)c(=O)n(C)c2NCc2ccc(F)cc2)SC1=S. The summed E-state index contributed by atoms with van der Waals surface area (Å²) in [6, 6.07) is 8.03. The van der Waals surface area contributed by atoms with Crippen molar-refractivity contribution in [1.29, 1.82) is 5.26 Å². The van der Waals surface area contributed by atoms with Gasteiger partial charge < -0.3 is 5.32 Å². The minimum atomic E-state index is -0.428. The third-order valence-electron chi connectivity index (χ3n) is 5.76.